The summed E-state index contributed by atoms with van der Waals surface area (Å²) in [6.45, 7) is 5.38. The van der Waals surface area contributed by atoms with E-state index in [1.807, 2.05) is 6.92 Å². The third-order valence-corrected chi connectivity index (χ3v) is 3.06. The van der Waals surface area contributed by atoms with Crippen molar-refractivity contribution in [3.05, 3.63) is 0 Å². The van der Waals surface area contributed by atoms with E-state index in [4.69, 9.17) is 5.11 Å². The summed E-state index contributed by atoms with van der Waals surface area (Å²) in [5.74, 6) is -0.764. The smallest absolute Gasteiger partial charge is 0.323 e. The van der Waals surface area contributed by atoms with E-state index in [0.29, 0.717) is 6.42 Å². The zero-order valence-electron chi connectivity index (χ0n) is 9.68. The van der Waals surface area contributed by atoms with Crippen LogP contribution < -0.4 is 10.6 Å². The largest absolute Gasteiger partial charge is 0.480 e. The molecule has 0 saturated heterocycles. The molecular formula is C11H22N2O2. The van der Waals surface area contributed by atoms with Crippen molar-refractivity contribution in [3.8, 4) is 0 Å². The Kier molecular flexibility index (Phi) is 4.54. The lowest BCUT2D eigenvalue weighted by molar-refractivity contribution is -0.144. The average molecular weight is 214 g/mol. The van der Waals surface area contributed by atoms with Gasteiger partial charge in [0.25, 0.3) is 0 Å². The maximum atomic E-state index is 11.0. The van der Waals surface area contributed by atoms with Crippen LogP contribution in [-0.4, -0.2) is 35.7 Å². The number of carbonyl (C=O) groups is 1. The zero-order valence-corrected chi connectivity index (χ0v) is 9.68. The van der Waals surface area contributed by atoms with Crippen molar-refractivity contribution in [1.29, 1.82) is 0 Å². The van der Waals surface area contributed by atoms with Gasteiger partial charge in [0.05, 0.1) is 0 Å². The topological polar surface area (TPSA) is 61.4 Å². The average Bonchev–Trinajstić information content (AvgIpc) is 3.00. The van der Waals surface area contributed by atoms with Gasteiger partial charge in [0.1, 0.15) is 5.54 Å². The SMILES string of the molecule is CCC(C)(NCCCNC1CC1)C(=O)O. The molecule has 0 aromatic carbocycles. The van der Waals surface area contributed by atoms with Gasteiger partial charge in [-0.25, -0.2) is 0 Å². The molecule has 0 heterocycles. The van der Waals surface area contributed by atoms with E-state index in [1.165, 1.54) is 12.8 Å². The Bertz CT molecular complexity index is 217. The van der Waals surface area contributed by atoms with Crippen LogP contribution >= 0.6 is 0 Å². The summed E-state index contributed by atoms with van der Waals surface area (Å²) in [5.41, 5.74) is -0.764. The quantitative estimate of drug-likeness (QED) is 0.527. The van der Waals surface area contributed by atoms with Gasteiger partial charge >= 0.3 is 5.97 Å². The Hall–Kier alpha value is -0.610. The standard InChI is InChI=1S/C11H22N2O2/c1-3-11(2,10(14)15)13-8-4-7-12-9-5-6-9/h9,12-13H,3-8H2,1-2H3,(H,14,15). The predicted molar refractivity (Wildman–Crippen MR) is 60.0 cm³/mol. The molecule has 0 radical (unpaired) electrons. The molecule has 4 nitrogen and oxygen atoms in total. The fourth-order valence-corrected chi connectivity index (χ4v) is 1.40. The van der Waals surface area contributed by atoms with Crippen LogP contribution in [0, 0.1) is 0 Å². The van der Waals surface area contributed by atoms with Gasteiger partial charge in [0.15, 0.2) is 0 Å². The van der Waals surface area contributed by atoms with Crippen LogP contribution in [0.5, 0.6) is 0 Å². The van der Waals surface area contributed by atoms with Gasteiger partial charge in [0, 0.05) is 6.04 Å². The van der Waals surface area contributed by atoms with Crippen LogP contribution in [0.25, 0.3) is 0 Å². The number of hydrogen-bond donors (Lipinski definition) is 3. The Balaban J connectivity index is 2.07. The van der Waals surface area contributed by atoms with E-state index in [-0.39, 0.29) is 0 Å². The van der Waals surface area contributed by atoms with Crippen LogP contribution in [0.15, 0.2) is 0 Å². The maximum absolute atomic E-state index is 11.0. The lowest BCUT2D eigenvalue weighted by Gasteiger charge is -2.24. The van der Waals surface area contributed by atoms with Gasteiger partial charge in [-0.2, -0.15) is 0 Å². The Morgan fingerprint density at radius 1 is 1.47 bits per heavy atom. The second-order valence-electron chi connectivity index (χ2n) is 4.50. The lowest BCUT2D eigenvalue weighted by atomic mass is 9.99. The van der Waals surface area contributed by atoms with Crippen LogP contribution in [0.3, 0.4) is 0 Å². The molecule has 0 aromatic heterocycles. The molecule has 1 saturated carbocycles. The Labute approximate surface area is 91.4 Å². The molecule has 3 N–H and O–H groups in total. The van der Waals surface area contributed by atoms with Crippen molar-refractivity contribution in [1.82, 2.24) is 10.6 Å². The summed E-state index contributed by atoms with van der Waals surface area (Å²) < 4.78 is 0. The molecule has 1 aliphatic carbocycles. The van der Waals surface area contributed by atoms with Gasteiger partial charge in [-0.3, -0.25) is 4.79 Å². The van der Waals surface area contributed by atoms with E-state index >= 15 is 0 Å². The Morgan fingerprint density at radius 3 is 2.60 bits per heavy atom. The van der Waals surface area contributed by atoms with Crippen molar-refractivity contribution in [3.63, 3.8) is 0 Å². The highest BCUT2D eigenvalue weighted by Gasteiger charge is 2.29. The number of carboxylic acids is 1. The molecule has 0 bridgehead atoms. The van der Waals surface area contributed by atoms with Crippen molar-refractivity contribution in [2.75, 3.05) is 13.1 Å². The molecule has 0 spiro atoms. The number of carboxylic acid groups (broad SMARTS) is 1. The van der Waals surface area contributed by atoms with Gasteiger partial charge in [-0.15, -0.1) is 0 Å². The molecule has 0 aliphatic heterocycles. The van der Waals surface area contributed by atoms with E-state index in [9.17, 15) is 4.79 Å². The van der Waals surface area contributed by atoms with Gasteiger partial charge in [-0.05, 0) is 45.7 Å². The monoisotopic (exact) mass is 214 g/mol. The van der Waals surface area contributed by atoms with E-state index < -0.39 is 11.5 Å². The first-order valence-corrected chi connectivity index (χ1v) is 5.80. The molecule has 88 valence electrons. The van der Waals surface area contributed by atoms with Crippen LogP contribution in [0.1, 0.15) is 39.5 Å². The van der Waals surface area contributed by atoms with Crippen molar-refractivity contribution in [2.45, 2.75) is 51.1 Å². The molecule has 0 amide bonds. The molecular weight excluding hydrogens is 192 g/mol. The van der Waals surface area contributed by atoms with E-state index in [1.54, 1.807) is 6.92 Å². The number of aliphatic carboxylic acids is 1. The fourth-order valence-electron chi connectivity index (χ4n) is 1.40. The minimum Gasteiger partial charge on any atom is -0.480 e. The second-order valence-corrected chi connectivity index (χ2v) is 4.50. The molecule has 1 unspecified atom stereocenters. The first-order chi connectivity index (χ1) is 7.08. The molecule has 4 heteroatoms. The third kappa shape index (κ3) is 4.18. The maximum Gasteiger partial charge on any atom is 0.323 e. The summed E-state index contributed by atoms with van der Waals surface area (Å²) in [6.07, 6.45) is 4.20. The van der Waals surface area contributed by atoms with Crippen molar-refractivity contribution < 1.29 is 9.90 Å². The molecule has 15 heavy (non-hydrogen) atoms. The van der Waals surface area contributed by atoms with Crippen molar-refractivity contribution >= 4 is 5.97 Å². The molecule has 0 aromatic rings. The van der Waals surface area contributed by atoms with E-state index in [2.05, 4.69) is 10.6 Å². The number of nitrogens with one attached hydrogen (secondary N) is 2. The van der Waals surface area contributed by atoms with Crippen molar-refractivity contribution in [2.24, 2.45) is 0 Å². The highest BCUT2D eigenvalue weighted by atomic mass is 16.4. The fraction of sp³-hybridized carbons (Fsp3) is 0.909. The highest BCUT2D eigenvalue weighted by molar-refractivity contribution is 5.78. The van der Waals surface area contributed by atoms with Gasteiger partial charge in [0.2, 0.25) is 0 Å². The summed E-state index contributed by atoms with van der Waals surface area (Å²) >= 11 is 0. The minimum absolute atomic E-state index is 0.610. The second kappa shape index (κ2) is 5.47. The van der Waals surface area contributed by atoms with Crippen LogP contribution in [-0.2, 0) is 4.79 Å². The molecule has 1 atom stereocenters. The zero-order chi connectivity index (χ0) is 11.3. The summed E-state index contributed by atoms with van der Waals surface area (Å²) in [7, 11) is 0. The number of rotatable bonds is 8. The molecule has 1 aliphatic rings. The summed E-state index contributed by atoms with van der Waals surface area (Å²) in [5, 5.41) is 15.5. The third-order valence-electron chi connectivity index (χ3n) is 3.06. The Morgan fingerprint density at radius 2 is 2.13 bits per heavy atom. The summed E-state index contributed by atoms with van der Waals surface area (Å²) in [6, 6.07) is 0.738. The molecule has 1 fully saturated rings. The normalized spacial score (nSPS) is 19.9. The van der Waals surface area contributed by atoms with Crippen LogP contribution in [0.2, 0.25) is 0 Å². The summed E-state index contributed by atoms with van der Waals surface area (Å²) in [4.78, 5) is 11.0. The van der Waals surface area contributed by atoms with Gasteiger partial charge in [-0.1, -0.05) is 6.92 Å². The number of hydrogen-bond acceptors (Lipinski definition) is 3. The van der Waals surface area contributed by atoms with E-state index in [0.717, 1.165) is 25.6 Å². The van der Waals surface area contributed by atoms with Crippen LogP contribution in [0.4, 0.5) is 0 Å². The minimum atomic E-state index is -0.764. The lowest BCUT2D eigenvalue weighted by Crippen LogP contribution is -2.49. The first-order valence-electron chi connectivity index (χ1n) is 5.80. The van der Waals surface area contributed by atoms with Gasteiger partial charge < -0.3 is 15.7 Å². The first kappa shape index (κ1) is 12.5. The predicted octanol–water partition coefficient (Wildman–Crippen LogP) is 0.971. The molecule has 1 rings (SSSR count). The highest BCUT2D eigenvalue weighted by Crippen LogP contribution is 2.18.